The fraction of sp³-hybridized carbons (Fsp3) is 0.500. The maximum absolute atomic E-state index is 12.7. The highest BCUT2D eigenvalue weighted by Crippen LogP contribution is 2.33. The van der Waals surface area contributed by atoms with Crippen LogP contribution in [0, 0.1) is 0 Å². The number of hydrogen-bond donors (Lipinski definition) is 3. The zero-order valence-corrected chi connectivity index (χ0v) is 15.0. The molecule has 0 saturated heterocycles. The van der Waals surface area contributed by atoms with Crippen LogP contribution in [0.25, 0.3) is 0 Å². The number of quaternary nitrogens is 1. The van der Waals surface area contributed by atoms with Gasteiger partial charge in [-0.05, 0) is 39.0 Å². The molecule has 0 saturated carbocycles. The number of nitrogens with one attached hydrogen (secondary N) is 3. The molecule has 0 heterocycles. The van der Waals surface area contributed by atoms with E-state index < -0.39 is 17.6 Å². The SMILES string of the molecule is CC[NH+](CC(=O)Nc1cc(C(F)(F)F)ccc1Cl)CC(=O)NC(C)C. The molecule has 1 unspecified atom stereocenters. The smallest absolute Gasteiger partial charge is 0.349 e. The summed E-state index contributed by atoms with van der Waals surface area (Å²) in [6.07, 6.45) is -4.53. The van der Waals surface area contributed by atoms with Gasteiger partial charge in [-0.1, -0.05) is 11.6 Å². The number of likely N-dealkylation sites (N-methyl/N-ethyl adjacent to an activating group) is 1. The second-order valence-corrected chi connectivity index (χ2v) is 6.33. The monoisotopic (exact) mass is 380 g/mol. The van der Waals surface area contributed by atoms with Crippen LogP contribution < -0.4 is 15.5 Å². The zero-order valence-electron chi connectivity index (χ0n) is 14.3. The lowest BCUT2D eigenvalue weighted by Gasteiger charge is -2.18. The number of halogens is 4. The van der Waals surface area contributed by atoms with Crippen molar-refractivity contribution in [3.63, 3.8) is 0 Å². The van der Waals surface area contributed by atoms with Gasteiger partial charge in [0.2, 0.25) is 0 Å². The molecular weight excluding hydrogens is 359 g/mol. The van der Waals surface area contributed by atoms with Crippen LogP contribution >= 0.6 is 11.6 Å². The predicted octanol–water partition coefficient (Wildman–Crippen LogP) is 1.73. The number of hydrogen-bond acceptors (Lipinski definition) is 2. The van der Waals surface area contributed by atoms with Crippen molar-refractivity contribution in [2.24, 2.45) is 0 Å². The van der Waals surface area contributed by atoms with Crippen molar-refractivity contribution in [3.05, 3.63) is 28.8 Å². The van der Waals surface area contributed by atoms with E-state index in [0.29, 0.717) is 11.4 Å². The van der Waals surface area contributed by atoms with E-state index in [0.717, 1.165) is 18.2 Å². The summed E-state index contributed by atoms with van der Waals surface area (Å²) in [6, 6.07) is 2.71. The summed E-state index contributed by atoms with van der Waals surface area (Å²) in [6.45, 7) is 6.00. The van der Waals surface area contributed by atoms with Crippen LogP contribution in [0.15, 0.2) is 18.2 Å². The highest BCUT2D eigenvalue weighted by Gasteiger charge is 2.31. The van der Waals surface area contributed by atoms with Crippen LogP contribution in [0.5, 0.6) is 0 Å². The molecule has 1 aromatic rings. The highest BCUT2D eigenvalue weighted by molar-refractivity contribution is 6.33. The molecule has 1 rings (SSSR count). The maximum Gasteiger partial charge on any atom is 0.416 e. The molecule has 0 aliphatic carbocycles. The van der Waals surface area contributed by atoms with Gasteiger partial charge < -0.3 is 15.5 Å². The molecule has 2 amide bonds. The molecule has 0 radical (unpaired) electrons. The summed E-state index contributed by atoms with van der Waals surface area (Å²) in [5.74, 6) is -0.716. The lowest BCUT2D eigenvalue weighted by atomic mass is 10.2. The van der Waals surface area contributed by atoms with E-state index in [1.807, 2.05) is 20.8 Å². The first-order valence-corrected chi connectivity index (χ1v) is 8.20. The van der Waals surface area contributed by atoms with E-state index in [1.165, 1.54) is 0 Å². The Balaban J connectivity index is 2.73. The van der Waals surface area contributed by atoms with Crippen molar-refractivity contribution in [2.75, 3.05) is 25.0 Å². The zero-order chi connectivity index (χ0) is 19.2. The van der Waals surface area contributed by atoms with Crippen molar-refractivity contribution in [1.29, 1.82) is 0 Å². The quantitative estimate of drug-likeness (QED) is 0.674. The van der Waals surface area contributed by atoms with Gasteiger partial charge in [-0.15, -0.1) is 0 Å². The Morgan fingerprint density at radius 3 is 2.32 bits per heavy atom. The Morgan fingerprint density at radius 1 is 1.20 bits per heavy atom. The summed E-state index contributed by atoms with van der Waals surface area (Å²) >= 11 is 5.85. The summed E-state index contributed by atoms with van der Waals surface area (Å²) in [4.78, 5) is 24.5. The average Bonchev–Trinajstić information content (AvgIpc) is 2.46. The van der Waals surface area contributed by atoms with Crippen molar-refractivity contribution < 1.29 is 27.7 Å². The van der Waals surface area contributed by atoms with Crippen LogP contribution in [-0.4, -0.2) is 37.5 Å². The molecule has 0 spiro atoms. The Labute approximate surface area is 149 Å². The number of amides is 2. The number of rotatable bonds is 7. The Bertz CT molecular complexity index is 621. The van der Waals surface area contributed by atoms with E-state index >= 15 is 0 Å². The van der Waals surface area contributed by atoms with Crippen molar-refractivity contribution in [1.82, 2.24) is 5.32 Å². The molecule has 0 aliphatic heterocycles. The number of alkyl halides is 3. The molecule has 0 aliphatic rings. The maximum atomic E-state index is 12.7. The average molecular weight is 381 g/mol. The molecule has 0 bridgehead atoms. The molecule has 1 aromatic carbocycles. The van der Waals surface area contributed by atoms with Crippen molar-refractivity contribution in [2.45, 2.75) is 33.0 Å². The lowest BCUT2D eigenvalue weighted by Crippen LogP contribution is -3.14. The van der Waals surface area contributed by atoms with Crippen LogP contribution in [0.1, 0.15) is 26.3 Å². The second-order valence-electron chi connectivity index (χ2n) is 5.92. The third-order valence-electron chi connectivity index (χ3n) is 3.34. The lowest BCUT2D eigenvalue weighted by molar-refractivity contribution is -0.881. The molecule has 0 fully saturated rings. The molecule has 1 atom stereocenters. The van der Waals surface area contributed by atoms with E-state index in [9.17, 15) is 22.8 Å². The van der Waals surface area contributed by atoms with Gasteiger partial charge in [0.25, 0.3) is 11.8 Å². The van der Waals surface area contributed by atoms with E-state index in [2.05, 4.69) is 10.6 Å². The molecule has 9 heteroatoms. The third kappa shape index (κ3) is 7.31. The minimum absolute atomic E-state index is 0.0108. The van der Waals surface area contributed by atoms with Crippen molar-refractivity contribution >= 4 is 29.1 Å². The Kier molecular flexibility index (Phi) is 7.69. The van der Waals surface area contributed by atoms with E-state index in [1.54, 1.807) is 0 Å². The number of anilines is 1. The Hall–Kier alpha value is -1.80. The molecule has 140 valence electrons. The van der Waals surface area contributed by atoms with Gasteiger partial charge in [-0.2, -0.15) is 13.2 Å². The second kappa shape index (κ2) is 9.05. The summed E-state index contributed by atoms with van der Waals surface area (Å²) < 4.78 is 38.2. The standard InChI is InChI=1S/C16H21ClF3N3O2/c1-4-23(8-14(24)21-10(2)3)9-15(25)22-13-7-11(16(18,19)20)5-6-12(13)17/h5-7,10H,4,8-9H2,1-3H3,(H,21,24)(H,22,25)/p+1. The highest BCUT2D eigenvalue weighted by atomic mass is 35.5. The first kappa shape index (κ1) is 21.2. The molecule has 3 N–H and O–H groups in total. The van der Waals surface area contributed by atoms with Gasteiger partial charge in [-0.25, -0.2) is 0 Å². The minimum atomic E-state index is -4.53. The van der Waals surface area contributed by atoms with Crippen molar-refractivity contribution in [3.8, 4) is 0 Å². The molecule has 25 heavy (non-hydrogen) atoms. The topological polar surface area (TPSA) is 62.6 Å². The fourth-order valence-corrected chi connectivity index (χ4v) is 2.30. The predicted molar refractivity (Wildman–Crippen MR) is 89.6 cm³/mol. The van der Waals surface area contributed by atoms with E-state index in [4.69, 9.17) is 11.6 Å². The fourth-order valence-electron chi connectivity index (χ4n) is 2.13. The van der Waals surface area contributed by atoms with Gasteiger partial charge in [0.05, 0.1) is 22.8 Å². The van der Waals surface area contributed by atoms with E-state index in [-0.39, 0.29) is 35.7 Å². The number of carbonyl (C=O) groups is 2. The summed E-state index contributed by atoms with van der Waals surface area (Å²) in [5, 5.41) is 5.12. The van der Waals surface area contributed by atoms with Crippen LogP contribution in [0.2, 0.25) is 5.02 Å². The minimum Gasteiger partial charge on any atom is -0.349 e. The first-order valence-electron chi connectivity index (χ1n) is 7.82. The molecule has 5 nitrogen and oxygen atoms in total. The van der Waals surface area contributed by atoms with Gasteiger partial charge in [0.15, 0.2) is 13.1 Å². The number of carbonyl (C=O) groups excluding carboxylic acids is 2. The molecule has 0 aromatic heterocycles. The van der Waals surface area contributed by atoms with Gasteiger partial charge in [-0.3, -0.25) is 9.59 Å². The number of benzene rings is 1. The van der Waals surface area contributed by atoms with Crippen LogP contribution in [0.4, 0.5) is 18.9 Å². The molecular formula is C16H22ClF3N3O2+. The van der Waals surface area contributed by atoms with Gasteiger partial charge in [0, 0.05) is 6.04 Å². The van der Waals surface area contributed by atoms with Gasteiger partial charge >= 0.3 is 6.18 Å². The third-order valence-corrected chi connectivity index (χ3v) is 3.67. The van der Waals surface area contributed by atoms with Crippen LogP contribution in [0.3, 0.4) is 0 Å². The summed E-state index contributed by atoms with van der Waals surface area (Å²) in [5.41, 5.74) is -1.01. The first-order chi connectivity index (χ1) is 11.5. The largest absolute Gasteiger partial charge is 0.416 e. The Morgan fingerprint density at radius 2 is 1.80 bits per heavy atom. The normalized spacial score (nSPS) is 12.8. The van der Waals surface area contributed by atoms with Gasteiger partial charge in [0.1, 0.15) is 0 Å². The summed E-state index contributed by atoms with van der Waals surface area (Å²) in [7, 11) is 0. The van der Waals surface area contributed by atoms with Crippen LogP contribution in [-0.2, 0) is 15.8 Å².